The standard InChI is InChI=1S/C12H15BrFNO2/c1-3-15(4-2)12(16)8-17-11-6-5-9(13)7-10(11)14/h5-7H,3-4,8H2,1-2H3. The topological polar surface area (TPSA) is 29.5 Å². The van der Waals surface area contributed by atoms with E-state index in [9.17, 15) is 9.18 Å². The van der Waals surface area contributed by atoms with E-state index in [1.54, 1.807) is 11.0 Å². The van der Waals surface area contributed by atoms with Crippen LogP contribution >= 0.6 is 15.9 Å². The molecule has 0 atom stereocenters. The van der Waals surface area contributed by atoms with E-state index in [-0.39, 0.29) is 18.3 Å². The lowest BCUT2D eigenvalue weighted by Crippen LogP contribution is -2.34. The largest absolute Gasteiger partial charge is 0.481 e. The zero-order chi connectivity index (χ0) is 12.8. The van der Waals surface area contributed by atoms with Gasteiger partial charge in [-0.2, -0.15) is 0 Å². The van der Waals surface area contributed by atoms with Gasteiger partial charge < -0.3 is 9.64 Å². The Hall–Kier alpha value is -1.10. The summed E-state index contributed by atoms with van der Waals surface area (Å²) in [7, 11) is 0. The molecule has 0 unspecified atom stereocenters. The highest BCUT2D eigenvalue weighted by molar-refractivity contribution is 9.10. The molecule has 1 amide bonds. The van der Waals surface area contributed by atoms with Crippen LogP contribution in [0.5, 0.6) is 5.75 Å². The molecule has 0 saturated carbocycles. The maximum absolute atomic E-state index is 13.4. The molecule has 0 heterocycles. The van der Waals surface area contributed by atoms with E-state index in [1.165, 1.54) is 12.1 Å². The van der Waals surface area contributed by atoms with Crippen molar-refractivity contribution in [3.8, 4) is 5.75 Å². The van der Waals surface area contributed by atoms with Gasteiger partial charge in [-0.25, -0.2) is 4.39 Å². The van der Waals surface area contributed by atoms with Crippen molar-refractivity contribution >= 4 is 21.8 Å². The van der Waals surface area contributed by atoms with Gasteiger partial charge in [0, 0.05) is 17.6 Å². The zero-order valence-corrected chi connectivity index (χ0v) is 11.5. The quantitative estimate of drug-likeness (QED) is 0.837. The molecule has 0 saturated heterocycles. The number of nitrogens with zero attached hydrogens (tertiary/aromatic N) is 1. The van der Waals surface area contributed by atoms with Gasteiger partial charge in [0.25, 0.3) is 5.91 Å². The fraction of sp³-hybridized carbons (Fsp3) is 0.417. The van der Waals surface area contributed by atoms with Crippen molar-refractivity contribution in [2.45, 2.75) is 13.8 Å². The van der Waals surface area contributed by atoms with Crippen LogP contribution in [0, 0.1) is 5.82 Å². The second kappa shape index (κ2) is 6.59. The Morgan fingerprint density at radius 1 is 1.41 bits per heavy atom. The number of rotatable bonds is 5. The molecular weight excluding hydrogens is 289 g/mol. The second-order valence-corrected chi connectivity index (χ2v) is 4.35. The normalized spacial score (nSPS) is 10.1. The molecule has 0 aliphatic carbocycles. The summed E-state index contributed by atoms with van der Waals surface area (Å²) < 4.78 is 19.2. The second-order valence-electron chi connectivity index (χ2n) is 3.43. The van der Waals surface area contributed by atoms with Gasteiger partial charge in [-0.3, -0.25) is 4.79 Å². The predicted molar refractivity (Wildman–Crippen MR) is 67.5 cm³/mol. The smallest absolute Gasteiger partial charge is 0.260 e. The molecule has 0 fully saturated rings. The molecule has 0 N–H and O–H groups in total. The van der Waals surface area contributed by atoms with Gasteiger partial charge in [0.1, 0.15) is 0 Å². The summed E-state index contributed by atoms with van der Waals surface area (Å²) in [6.45, 7) is 4.90. The Morgan fingerprint density at radius 2 is 2.06 bits per heavy atom. The van der Waals surface area contributed by atoms with E-state index in [1.807, 2.05) is 13.8 Å². The fourth-order valence-electron chi connectivity index (χ4n) is 1.40. The molecule has 0 bridgehead atoms. The third-order valence-corrected chi connectivity index (χ3v) is 2.85. The summed E-state index contributed by atoms with van der Waals surface area (Å²) >= 11 is 3.15. The van der Waals surface area contributed by atoms with Crippen molar-refractivity contribution in [3.05, 3.63) is 28.5 Å². The molecular formula is C12H15BrFNO2. The SMILES string of the molecule is CCN(CC)C(=O)COc1ccc(Br)cc1F. The van der Waals surface area contributed by atoms with Gasteiger partial charge in [0.15, 0.2) is 18.2 Å². The van der Waals surface area contributed by atoms with Gasteiger partial charge in [-0.15, -0.1) is 0 Å². The van der Waals surface area contributed by atoms with Crippen molar-refractivity contribution in [3.63, 3.8) is 0 Å². The molecule has 0 aromatic heterocycles. The van der Waals surface area contributed by atoms with Crippen LogP contribution in [0.3, 0.4) is 0 Å². The van der Waals surface area contributed by atoms with Crippen LogP contribution in [0.1, 0.15) is 13.8 Å². The van der Waals surface area contributed by atoms with Crippen molar-refractivity contribution in [1.29, 1.82) is 0 Å². The molecule has 0 radical (unpaired) electrons. The average molecular weight is 304 g/mol. The number of carbonyl (C=O) groups is 1. The Labute approximate surface area is 109 Å². The highest BCUT2D eigenvalue weighted by Crippen LogP contribution is 2.21. The van der Waals surface area contributed by atoms with E-state index in [0.717, 1.165) is 0 Å². The van der Waals surface area contributed by atoms with Crippen LogP contribution in [0.25, 0.3) is 0 Å². The molecule has 3 nitrogen and oxygen atoms in total. The van der Waals surface area contributed by atoms with E-state index in [0.29, 0.717) is 17.6 Å². The third-order valence-electron chi connectivity index (χ3n) is 2.36. The van der Waals surface area contributed by atoms with Crippen molar-refractivity contribution < 1.29 is 13.9 Å². The van der Waals surface area contributed by atoms with Crippen LogP contribution in [0.15, 0.2) is 22.7 Å². The summed E-state index contributed by atoms with van der Waals surface area (Å²) in [4.78, 5) is 13.3. The first-order chi connectivity index (χ1) is 8.08. The molecule has 5 heteroatoms. The van der Waals surface area contributed by atoms with Gasteiger partial charge in [0.05, 0.1) is 0 Å². The third kappa shape index (κ3) is 4.00. The molecule has 1 aromatic carbocycles. The zero-order valence-electron chi connectivity index (χ0n) is 9.87. The minimum Gasteiger partial charge on any atom is -0.481 e. The number of carbonyl (C=O) groups excluding carboxylic acids is 1. The summed E-state index contributed by atoms with van der Waals surface area (Å²) in [5.74, 6) is -0.530. The van der Waals surface area contributed by atoms with Gasteiger partial charge in [0.2, 0.25) is 0 Å². The van der Waals surface area contributed by atoms with E-state index in [2.05, 4.69) is 15.9 Å². The molecule has 0 spiro atoms. The van der Waals surface area contributed by atoms with E-state index < -0.39 is 5.82 Å². The number of halogens is 2. The van der Waals surface area contributed by atoms with Crippen molar-refractivity contribution in [2.75, 3.05) is 19.7 Å². The lowest BCUT2D eigenvalue weighted by molar-refractivity contribution is -0.133. The number of ether oxygens (including phenoxy) is 1. The maximum Gasteiger partial charge on any atom is 0.260 e. The van der Waals surface area contributed by atoms with Crippen LogP contribution in [-0.2, 0) is 4.79 Å². The number of benzene rings is 1. The molecule has 17 heavy (non-hydrogen) atoms. The minimum atomic E-state index is -0.480. The number of likely N-dealkylation sites (N-methyl/N-ethyl adjacent to an activating group) is 1. The number of amides is 1. The lowest BCUT2D eigenvalue weighted by Gasteiger charge is -2.18. The Balaban J connectivity index is 2.58. The fourth-order valence-corrected chi connectivity index (χ4v) is 1.73. The van der Waals surface area contributed by atoms with Crippen LogP contribution < -0.4 is 4.74 Å². The highest BCUT2D eigenvalue weighted by Gasteiger charge is 2.11. The molecule has 1 rings (SSSR count). The molecule has 0 aliphatic heterocycles. The Kier molecular flexibility index (Phi) is 5.41. The van der Waals surface area contributed by atoms with Gasteiger partial charge in [-0.1, -0.05) is 15.9 Å². The number of hydrogen-bond donors (Lipinski definition) is 0. The first kappa shape index (κ1) is 14.0. The van der Waals surface area contributed by atoms with Gasteiger partial charge in [-0.05, 0) is 32.0 Å². The summed E-state index contributed by atoms with van der Waals surface area (Å²) in [5, 5.41) is 0. The van der Waals surface area contributed by atoms with Crippen LogP contribution in [-0.4, -0.2) is 30.5 Å². The number of hydrogen-bond acceptors (Lipinski definition) is 2. The molecule has 94 valence electrons. The highest BCUT2D eigenvalue weighted by atomic mass is 79.9. The first-order valence-corrected chi connectivity index (χ1v) is 6.23. The first-order valence-electron chi connectivity index (χ1n) is 5.44. The summed E-state index contributed by atoms with van der Waals surface area (Å²) in [5.41, 5.74) is 0. The van der Waals surface area contributed by atoms with Crippen LogP contribution in [0.4, 0.5) is 4.39 Å². The minimum absolute atomic E-state index is 0.0914. The van der Waals surface area contributed by atoms with Crippen molar-refractivity contribution in [1.82, 2.24) is 4.90 Å². The summed E-state index contributed by atoms with van der Waals surface area (Å²) in [6.07, 6.45) is 0. The van der Waals surface area contributed by atoms with E-state index in [4.69, 9.17) is 4.74 Å². The molecule has 1 aromatic rings. The Bertz CT molecular complexity index is 394. The van der Waals surface area contributed by atoms with E-state index >= 15 is 0 Å². The average Bonchev–Trinajstić information content (AvgIpc) is 2.29. The lowest BCUT2D eigenvalue weighted by atomic mass is 10.3. The monoisotopic (exact) mass is 303 g/mol. The maximum atomic E-state index is 13.4. The van der Waals surface area contributed by atoms with Crippen molar-refractivity contribution in [2.24, 2.45) is 0 Å². The van der Waals surface area contributed by atoms with Crippen LogP contribution in [0.2, 0.25) is 0 Å². The Morgan fingerprint density at radius 3 is 2.59 bits per heavy atom. The predicted octanol–water partition coefficient (Wildman–Crippen LogP) is 2.84. The van der Waals surface area contributed by atoms with Gasteiger partial charge >= 0.3 is 0 Å². The summed E-state index contributed by atoms with van der Waals surface area (Å²) in [6, 6.07) is 4.46. The molecule has 0 aliphatic rings.